The predicted molar refractivity (Wildman–Crippen MR) is 53.6 cm³/mol. The van der Waals surface area contributed by atoms with E-state index in [1.165, 1.54) is 6.42 Å². The van der Waals surface area contributed by atoms with Crippen LogP contribution in [0.1, 0.15) is 13.3 Å². The molecule has 0 unspecified atom stereocenters. The van der Waals surface area contributed by atoms with Gasteiger partial charge in [0.1, 0.15) is 0 Å². The summed E-state index contributed by atoms with van der Waals surface area (Å²) < 4.78 is 5.92. The molecule has 0 radical (unpaired) electrons. The maximum Gasteiger partial charge on any atom is 0.190 e. The molecule has 0 saturated carbocycles. The van der Waals surface area contributed by atoms with Gasteiger partial charge in [0, 0.05) is 12.5 Å². The van der Waals surface area contributed by atoms with Crippen molar-refractivity contribution in [1.82, 2.24) is 0 Å². The van der Waals surface area contributed by atoms with Gasteiger partial charge in [-0.2, -0.15) is 0 Å². The first kappa shape index (κ1) is 8.51. The van der Waals surface area contributed by atoms with Gasteiger partial charge in [0.25, 0.3) is 0 Å². The zero-order valence-corrected chi connectivity index (χ0v) is 9.21. The lowest BCUT2D eigenvalue weighted by molar-refractivity contribution is 0.320. The Kier molecular flexibility index (Phi) is 1.92. The van der Waals surface area contributed by atoms with Crippen LogP contribution >= 0.6 is 0 Å². The average molecular weight is 182 g/mol. The van der Waals surface area contributed by atoms with Crippen LogP contribution in [0.25, 0.3) is 0 Å². The first-order valence-corrected chi connectivity index (χ1v) is 7.90. The van der Waals surface area contributed by atoms with Crippen molar-refractivity contribution in [2.24, 2.45) is 11.8 Å². The number of fused-ring (bicyclic) bond motifs is 1. The molecule has 2 aliphatic rings. The van der Waals surface area contributed by atoms with Crippen molar-refractivity contribution in [3.05, 3.63) is 12.2 Å². The second-order valence-electron chi connectivity index (χ2n) is 4.78. The standard InChI is InChI=1S/C10H18OSi/c1-8-4-5-9-7-11-12(2,3)10(9)6-8/h4-5,8-10H,6-7H2,1-3H3/t8-,9-,10-/m0/s1. The summed E-state index contributed by atoms with van der Waals surface area (Å²) in [6, 6.07) is 0. The summed E-state index contributed by atoms with van der Waals surface area (Å²) in [6.45, 7) is 8.04. The SMILES string of the molecule is C[C@H]1C=C[C@H]2CO[Si](C)(C)[C@H]2C1. The third-order valence-electron chi connectivity index (χ3n) is 3.37. The van der Waals surface area contributed by atoms with E-state index >= 15 is 0 Å². The maximum atomic E-state index is 5.92. The summed E-state index contributed by atoms with van der Waals surface area (Å²) in [4.78, 5) is 0. The molecule has 1 saturated heterocycles. The lowest BCUT2D eigenvalue weighted by Gasteiger charge is -2.30. The lowest BCUT2D eigenvalue weighted by Crippen LogP contribution is -2.33. The predicted octanol–water partition coefficient (Wildman–Crippen LogP) is 2.80. The highest BCUT2D eigenvalue weighted by molar-refractivity contribution is 6.73. The summed E-state index contributed by atoms with van der Waals surface area (Å²) in [5, 5.41) is 0. The van der Waals surface area contributed by atoms with E-state index in [1.54, 1.807) is 0 Å². The number of rotatable bonds is 0. The van der Waals surface area contributed by atoms with Crippen molar-refractivity contribution >= 4 is 8.32 Å². The molecule has 2 rings (SSSR count). The van der Waals surface area contributed by atoms with Gasteiger partial charge in [-0.3, -0.25) is 0 Å². The Morgan fingerprint density at radius 2 is 2.08 bits per heavy atom. The van der Waals surface area contributed by atoms with Crippen molar-refractivity contribution in [2.45, 2.75) is 32.0 Å². The second kappa shape index (κ2) is 2.71. The molecule has 0 aromatic heterocycles. The molecule has 1 aliphatic carbocycles. The minimum absolute atomic E-state index is 0.753. The molecule has 12 heavy (non-hydrogen) atoms. The van der Waals surface area contributed by atoms with E-state index in [-0.39, 0.29) is 0 Å². The van der Waals surface area contributed by atoms with E-state index in [1.807, 2.05) is 0 Å². The summed E-state index contributed by atoms with van der Waals surface area (Å²) >= 11 is 0. The Bertz CT molecular complexity index is 210. The second-order valence-corrected chi connectivity index (χ2v) is 9.02. The van der Waals surface area contributed by atoms with Gasteiger partial charge >= 0.3 is 0 Å². The molecule has 0 N–H and O–H groups in total. The van der Waals surface area contributed by atoms with Crippen molar-refractivity contribution in [1.29, 1.82) is 0 Å². The van der Waals surface area contributed by atoms with Gasteiger partial charge in [-0.15, -0.1) is 0 Å². The zero-order chi connectivity index (χ0) is 8.77. The quantitative estimate of drug-likeness (QED) is 0.413. The molecule has 0 amide bonds. The highest BCUT2D eigenvalue weighted by Crippen LogP contribution is 2.45. The Balaban J connectivity index is 2.20. The van der Waals surface area contributed by atoms with E-state index in [9.17, 15) is 0 Å². The van der Waals surface area contributed by atoms with Gasteiger partial charge in [-0.1, -0.05) is 19.1 Å². The molecule has 1 fully saturated rings. The Morgan fingerprint density at radius 1 is 1.33 bits per heavy atom. The molecule has 0 aromatic carbocycles. The molecule has 1 nitrogen and oxygen atoms in total. The van der Waals surface area contributed by atoms with Crippen LogP contribution in [-0.4, -0.2) is 14.9 Å². The van der Waals surface area contributed by atoms with Crippen LogP contribution in [0.5, 0.6) is 0 Å². The van der Waals surface area contributed by atoms with Gasteiger partial charge in [0.2, 0.25) is 0 Å². The minimum Gasteiger partial charge on any atom is -0.416 e. The fourth-order valence-electron chi connectivity index (χ4n) is 2.51. The number of hydrogen-bond acceptors (Lipinski definition) is 1. The highest BCUT2D eigenvalue weighted by Gasteiger charge is 2.45. The average Bonchev–Trinajstić information content (AvgIpc) is 2.28. The normalized spacial score (nSPS) is 44.4. The van der Waals surface area contributed by atoms with Crippen LogP contribution in [0.2, 0.25) is 18.6 Å². The van der Waals surface area contributed by atoms with Crippen molar-refractivity contribution in [3.8, 4) is 0 Å². The Labute approximate surface area is 75.9 Å². The molecule has 0 spiro atoms. The lowest BCUT2D eigenvalue weighted by atomic mass is 9.90. The Hall–Kier alpha value is -0.0831. The van der Waals surface area contributed by atoms with Gasteiger partial charge in [0.05, 0.1) is 0 Å². The van der Waals surface area contributed by atoms with E-state index in [0.29, 0.717) is 0 Å². The summed E-state index contributed by atoms with van der Waals surface area (Å²) in [6.07, 6.45) is 6.11. The van der Waals surface area contributed by atoms with Crippen LogP contribution in [0, 0.1) is 11.8 Å². The van der Waals surface area contributed by atoms with Gasteiger partial charge in [-0.05, 0) is 31.0 Å². The Morgan fingerprint density at radius 3 is 2.83 bits per heavy atom. The molecule has 1 aliphatic heterocycles. The van der Waals surface area contributed by atoms with Gasteiger partial charge in [0.15, 0.2) is 8.32 Å². The van der Waals surface area contributed by atoms with Gasteiger partial charge < -0.3 is 4.43 Å². The zero-order valence-electron chi connectivity index (χ0n) is 8.21. The monoisotopic (exact) mass is 182 g/mol. The fraction of sp³-hybridized carbons (Fsp3) is 0.800. The largest absolute Gasteiger partial charge is 0.416 e. The summed E-state index contributed by atoms with van der Waals surface area (Å²) in [5.41, 5.74) is 0.887. The molecule has 0 aromatic rings. The fourth-order valence-corrected chi connectivity index (χ4v) is 5.52. The minimum atomic E-state index is -1.30. The smallest absolute Gasteiger partial charge is 0.190 e. The third kappa shape index (κ3) is 1.27. The van der Waals surface area contributed by atoms with E-state index < -0.39 is 8.32 Å². The molecular formula is C10H18OSi. The van der Waals surface area contributed by atoms with Crippen LogP contribution < -0.4 is 0 Å². The van der Waals surface area contributed by atoms with Crippen LogP contribution in [0.4, 0.5) is 0 Å². The molecule has 2 heteroatoms. The molecule has 68 valence electrons. The molecule has 3 atom stereocenters. The van der Waals surface area contributed by atoms with Gasteiger partial charge in [-0.25, -0.2) is 0 Å². The highest BCUT2D eigenvalue weighted by atomic mass is 28.4. The van der Waals surface area contributed by atoms with Crippen molar-refractivity contribution in [3.63, 3.8) is 0 Å². The maximum absolute atomic E-state index is 5.92. The first-order chi connectivity index (χ1) is 5.59. The van der Waals surface area contributed by atoms with E-state index in [2.05, 4.69) is 32.2 Å². The van der Waals surface area contributed by atoms with Crippen LogP contribution in [0.15, 0.2) is 12.2 Å². The first-order valence-electron chi connectivity index (χ1n) is 4.92. The third-order valence-corrected chi connectivity index (χ3v) is 6.73. The van der Waals surface area contributed by atoms with E-state index in [4.69, 9.17) is 4.43 Å². The summed E-state index contributed by atoms with van der Waals surface area (Å²) in [7, 11) is -1.30. The van der Waals surface area contributed by atoms with Crippen LogP contribution in [-0.2, 0) is 4.43 Å². The topological polar surface area (TPSA) is 9.23 Å². The van der Waals surface area contributed by atoms with Crippen molar-refractivity contribution in [2.75, 3.05) is 6.61 Å². The van der Waals surface area contributed by atoms with Crippen molar-refractivity contribution < 1.29 is 4.43 Å². The molecule has 1 heterocycles. The number of hydrogen-bond donors (Lipinski definition) is 0. The number of allylic oxidation sites excluding steroid dienone is 1. The van der Waals surface area contributed by atoms with Crippen LogP contribution in [0.3, 0.4) is 0 Å². The molecular weight excluding hydrogens is 164 g/mol. The summed E-state index contributed by atoms with van der Waals surface area (Å²) in [5.74, 6) is 1.53. The molecule has 0 bridgehead atoms. The van der Waals surface area contributed by atoms with E-state index in [0.717, 1.165) is 24.0 Å².